The summed E-state index contributed by atoms with van der Waals surface area (Å²) >= 11 is 1.69. The van der Waals surface area contributed by atoms with Crippen LogP contribution in [0.2, 0.25) is 0 Å². The Kier molecular flexibility index (Phi) is 5.27. The maximum absolute atomic E-state index is 12.5. The van der Waals surface area contributed by atoms with Crippen molar-refractivity contribution in [3.8, 4) is 0 Å². The Morgan fingerprint density at radius 3 is 3.17 bits per heavy atom. The van der Waals surface area contributed by atoms with Crippen LogP contribution in [0.5, 0.6) is 0 Å². The highest BCUT2D eigenvalue weighted by Gasteiger charge is 2.28. The lowest BCUT2D eigenvalue weighted by Crippen LogP contribution is -2.44. The summed E-state index contributed by atoms with van der Waals surface area (Å²) in [6.07, 6.45) is 8.78. The van der Waals surface area contributed by atoms with E-state index >= 15 is 0 Å². The number of nitrogens with zero attached hydrogens (tertiary/aromatic N) is 3. The van der Waals surface area contributed by atoms with Crippen LogP contribution in [0.15, 0.2) is 17.8 Å². The van der Waals surface area contributed by atoms with E-state index in [-0.39, 0.29) is 12.1 Å². The summed E-state index contributed by atoms with van der Waals surface area (Å²) in [5.74, 6) is 0. The fraction of sp³-hybridized carbons (Fsp3) is 0.562. The SMILES string of the molecule is Cc1csc(CCCNC(=O)N2CCCC[C@H]2c2cn[nH]c2)n1. The third-order valence-corrected chi connectivity index (χ3v) is 5.20. The summed E-state index contributed by atoms with van der Waals surface area (Å²) in [7, 11) is 0. The molecule has 1 aliphatic heterocycles. The summed E-state index contributed by atoms with van der Waals surface area (Å²) in [5.41, 5.74) is 2.17. The zero-order chi connectivity index (χ0) is 16.1. The van der Waals surface area contributed by atoms with E-state index in [4.69, 9.17) is 0 Å². The summed E-state index contributed by atoms with van der Waals surface area (Å²) in [6, 6.07) is 0.176. The Balaban J connectivity index is 1.48. The van der Waals surface area contributed by atoms with Gasteiger partial charge in [0.15, 0.2) is 0 Å². The second kappa shape index (κ2) is 7.59. The van der Waals surface area contributed by atoms with E-state index in [2.05, 4.69) is 25.9 Å². The molecule has 6 nitrogen and oxygen atoms in total. The van der Waals surface area contributed by atoms with Crippen LogP contribution in [0.4, 0.5) is 4.79 Å². The molecule has 0 spiro atoms. The van der Waals surface area contributed by atoms with Gasteiger partial charge in [0.2, 0.25) is 0 Å². The number of piperidine rings is 1. The number of amides is 2. The largest absolute Gasteiger partial charge is 0.338 e. The second-order valence-corrected chi connectivity index (χ2v) is 6.90. The Bertz CT molecular complexity index is 624. The van der Waals surface area contributed by atoms with Gasteiger partial charge in [-0.1, -0.05) is 0 Å². The highest BCUT2D eigenvalue weighted by atomic mass is 32.1. The zero-order valence-electron chi connectivity index (χ0n) is 13.4. The molecule has 0 saturated carbocycles. The smallest absolute Gasteiger partial charge is 0.317 e. The van der Waals surface area contributed by atoms with Crippen molar-refractivity contribution in [2.75, 3.05) is 13.1 Å². The van der Waals surface area contributed by atoms with Crippen LogP contribution in [0.25, 0.3) is 0 Å². The summed E-state index contributed by atoms with van der Waals surface area (Å²) in [5, 5.41) is 13.1. The van der Waals surface area contributed by atoms with Gasteiger partial charge in [-0.05, 0) is 32.6 Å². The Labute approximate surface area is 140 Å². The molecule has 0 radical (unpaired) electrons. The van der Waals surface area contributed by atoms with E-state index in [1.54, 1.807) is 11.3 Å². The molecule has 1 atom stereocenters. The maximum atomic E-state index is 12.5. The molecular formula is C16H23N5OS. The minimum Gasteiger partial charge on any atom is -0.338 e. The zero-order valence-corrected chi connectivity index (χ0v) is 14.2. The first-order chi connectivity index (χ1) is 11.2. The second-order valence-electron chi connectivity index (χ2n) is 5.95. The number of thiazole rings is 1. The number of hydrogen-bond acceptors (Lipinski definition) is 4. The number of urea groups is 1. The third-order valence-electron chi connectivity index (χ3n) is 4.18. The number of carbonyl (C=O) groups excluding carboxylic acids is 1. The van der Waals surface area contributed by atoms with Crippen molar-refractivity contribution < 1.29 is 4.79 Å². The first-order valence-corrected chi connectivity index (χ1v) is 9.06. The van der Waals surface area contributed by atoms with Crippen molar-refractivity contribution in [2.24, 2.45) is 0 Å². The van der Waals surface area contributed by atoms with Crippen LogP contribution in [0.1, 0.15) is 48.0 Å². The van der Waals surface area contributed by atoms with Crippen molar-refractivity contribution in [3.63, 3.8) is 0 Å². The van der Waals surface area contributed by atoms with Gasteiger partial charge in [-0.15, -0.1) is 11.3 Å². The van der Waals surface area contributed by atoms with Crippen LogP contribution in [0.3, 0.4) is 0 Å². The van der Waals surface area contributed by atoms with E-state index in [1.807, 2.05) is 24.2 Å². The number of rotatable bonds is 5. The van der Waals surface area contributed by atoms with Crippen molar-refractivity contribution in [3.05, 3.63) is 34.0 Å². The molecule has 1 fully saturated rings. The predicted octanol–water partition coefficient (Wildman–Crippen LogP) is 3.04. The Morgan fingerprint density at radius 1 is 1.52 bits per heavy atom. The molecule has 1 aliphatic rings. The molecule has 2 N–H and O–H groups in total. The summed E-state index contributed by atoms with van der Waals surface area (Å²) in [6.45, 7) is 3.51. The van der Waals surface area contributed by atoms with E-state index in [9.17, 15) is 4.79 Å². The first-order valence-electron chi connectivity index (χ1n) is 8.18. The quantitative estimate of drug-likeness (QED) is 0.826. The molecule has 3 heterocycles. The summed E-state index contributed by atoms with van der Waals surface area (Å²) in [4.78, 5) is 18.9. The normalized spacial score (nSPS) is 18.1. The highest BCUT2D eigenvalue weighted by molar-refractivity contribution is 7.09. The average molecular weight is 333 g/mol. The number of aromatic amines is 1. The van der Waals surface area contributed by atoms with Crippen LogP contribution >= 0.6 is 11.3 Å². The van der Waals surface area contributed by atoms with Crippen LogP contribution in [0, 0.1) is 6.92 Å². The standard InChI is InChI=1S/C16H23N5OS/c1-12-11-23-15(20-12)6-4-7-17-16(22)21-8-3-2-5-14(21)13-9-18-19-10-13/h9-11,14H,2-8H2,1H3,(H,17,22)(H,18,19)/t14-/m0/s1. The van der Waals surface area contributed by atoms with Gasteiger partial charge in [0.05, 0.1) is 17.2 Å². The van der Waals surface area contributed by atoms with Gasteiger partial charge in [0.1, 0.15) is 0 Å². The van der Waals surface area contributed by atoms with Crippen LogP contribution < -0.4 is 5.32 Å². The lowest BCUT2D eigenvalue weighted by molar-refractivity contribution is 0.151. The van der Waals surface area contributed by atoms with Gasteiger partial charge in [0, 0.05) is 42.3 Å². The van der Waals surface area contributed by atoms with Gasteiger partial charge < -0.3 is 10.2 Å². The molecule has 124 valence electrons. The van der Waals surface area contributed by atoms with Crippen molar-refractivity contribution in [1.29, 1.82) is 0 Å². The highest BCUT2D eigenvalue weighted by Crippen LogP contribution is 2.30. The molecule has 0 aromatic carbocycles. The number of likely N-dealkylation sites (tertiary alicyclic amines) is 1. The Morgan fingerprint density at radius 2 is 2.43 bits per heavy atom. The average Bonchev–Trinajstić information content (AvgIpc) is 3.23. The van der Waals surface area contributed by atoms with Crippen molar-refractivity contribution >= 4 is 17.4 Å². The van der Waals surface area contributed by atoms with Gasteiger partial charge in [0.25, 0.3) is 0 Å². The molecule has 2 aromatic rings. The molecular weight excluding hydrogens is 310 g/mol. The van der Waals surface area contributed by atoms with E-state index in [0.29, 0.717) is 6.54 Å². The molecule has 0 unspecified atom stereocenters. The molecule has 23 heavy (non-hydrogen) atoms. The van der Waals surface area contributed by atoms with E-state index < -0.39 is 0 Å². The monoisotopic (exact) mass is 333 g/mol. The number of hydrogen-bond donors (Lipinski definition) is 2. The summed E-state index contributed by atoms with van der Waals surface area (Å²) < 4.78 is 0. The van der Waals surface area contributed by atoms with E-state index in [1.165, 1.54) is 0 Å². The lowest BCUT2D eigenvalue weighted by Gasteiger charge is -2.35. The Hall–Kier alpha value is -1.89. The van der Waals surface area contributed by atoms with Crippen molar-refractivity contribution in [1.82, 2.24) is 25.4 Å². The fourth-order valence-electron chi connectivity index (χ4n) is 3.02. The molecule has 0 bridgehead atoms. The van der Waals surface area contributed by atoms with Gasteiger partial charge in [-0.3, -0.25) is 5.10 Å². The molecule has 7 heteroatoms. The van der Waals surface area contributed by atoms with Gasteiger partial charge >= 0.3 is 6.03 Å². The minimum absolute atomic E-state index is 0.0335. The number of H-pyrrole nitrogens is 1. The number of nitrogens with one attached hydrogen (secondary N) is 2. The van der Waals surface area contributed by atoms with Crippen LogP contribution in [-0.4, -0.2) is 39.2 Å². The molecule has 3 rings (SSSR count). The van der Waals surface area contributed by atoms with E-state index in [0.717, 1.165) is 54.9 Å². The van der Waals surface area contributed by atoms with Gasteiger partial charge in [-0.2, -0.15) is 5.10 Å². The molecule has 2 amide bonds. The maximum Gasteiger partial charge on any atom is 0.317 e. The van der Waals surface area contributed by atoms with Crippen molar-refractivity contribution in [2.45, 2.75) is 45.1 Å². The van der Waals surface area contributed by atoms with Crippen LogP contribution in [-0.2, 0) is 6.42 Å². The topological polar surface area (TPSA) is 73.9 Å². The minimum atomic E-state index is 0.0335. The fourth-order valence-corrected chi connectivity index (χ4v) is 3.84. The molecule has 1 saturated heterocycles. The predicted molar refractivity (Wildman–Crippen MR) is 90.5 cm³/mol. The molecule has 0 aliphatic carbocycles. The molecule has 2 aromatic heterocycles. The number of aryl methyl sites for hydroxylation is 2. The third kappa shape index (κ3) is 4.10. The number of carbonyl (C=O) groups is 1. The first kappa shape index (κ1) is 16.0. The number of aromatic nitrogens is 3. The van der Waals surface area contributed by atoms with Gasteiger partial charge in [-0.25, -0.2) is 9.78 Å². The lowest BCUT2D eigenvalue weighted by atomic mass is 9.98.